The molecule has 0 aromatic heterocycles. The molecular weight excluding hydrogens is 341 g/mol. The molecule has 0 saturated carbocycles. The van der Waals surface area contributed by atoms with Crippen LogP contribution in [-0.2, 0) is 4.79 Å². The molecule has 4 nitrogen and oxygen atoms in total. The monoisotopic (exact) mass is 357 g/mol. The molecule has 0 aliphatic carbocycles. The number of carboxylic acid groups (broad SMARTS) is 1. The highest BCUT2D eigenvalue weighted by Crippen LogP contribution is 2.36. The first kappa shape index (κ1) is 15.9. The summed E-state index contributed by atoms with van der Waals surface area (Å²) in [5, 5.41) is 9.61. The summed E-state index contributed by atoms with van der Waals surface area (Å²) in [6.07, 6.45) is 2.15. The highest BCUT2D eigenvalue weighted by Gasteiger charge is 2.49. The molecule has 114 valence electrons. The lowest BCUT2D eigenvalue weighted by atomic mass is 9.90. The maximum absolute atomic E-state index is 13.6. The number of rotatable bonds is 4. The Morgan fingerprint density at radius 3 is 2.81 bits per heavy atom. The van der Waals surface area contributed by atoms with Crippen LogP contribution < -0.4 is 0 Å². The normalized spacial score (nSPS) is 21.6. The zero-order chi connectivity index (χ0) is 15.6. The number of carbonyl (C=O) groups excluding carboxylic acids is 1. The van der Waals surface area contributed by atoms with E-state index in [1.54, 1.807) is 0 Å². The quantitative estimate of drug-likeness (QED) is 0.897. The van der Waals surface area contributed by atoms with Crippen LogP contribution in [0.15, 0.2) is 22.7 Å². The second-order valence-corrected chi connectivity index (χ2v) is 6.04. The first-order valence-electron chi connectivity index (χ1n) is 6.93. The van der Waals surface area contributed by atoms with Crippen LogP contribution in [0, 0.1) is 5.82 Å². The van der Waals surface area contributed by atoms with E-state index in [4.69, 9.17) is 0 Å². The van der Waals surface area contributed by atoms with Crippen molar-refractivity contribution in [2.24, 2.45) is 0 Å². The second kappa shape index (κ2) is 6.13. The maximum Gasteiger partial charge on any atom is 0.329 e. The smallest absolute Gasteiger partial charge is 0.329 e. The van der Waals surface area contributed by atoms with Crippen LogP contribution in [0.2, 0.25) is 0 Å². The van der Waals surface area contributed by atoms with E-state index in [0.29, 0.717) is 32.2 Å². The van der Waals surface area contributed by atoms with Gasteiger partial charge in [-0.15, -0.1) is 0 Å². The Bertz CT molecular complexity index is 578. The molecule has 0 radical (unpaired) electrons. The van der Waals surface area contributed by atoms with Crippen molar-refractivity contribution in [2.45, 2.75) is 38.1 Å². The van der Waals surface area contributed by atoms with Gasteiger partial charge in [-0.05, 0) is 47.3 Å². The maximum atomic E-state index is 13.6. The van der Waals surface area contributed by atoms with Gasteiger partial charge in [-0.3, -0.25) is 4.79 Å². The van der Waals surface area contributed by atoms with Gasteiger partial charge >= 0.3 is 5.97 Å². The number of carboxylic acids is 1. The number of benzene rings is 1. The van der Waals surface area contributed by atoms with Crippen molar-refractivity contribution in [3.05, 3.63) is 34.1 Å². The van der Waals surface area contributed by atoms with Gasteiger partial charge in [0, 0.05) is 6.54 Å². The lowest BCUT2D eigenvalue weighted by molar-refractivity contribution is -0.148. The Morgan fingerprint density at radius 1 is 1.48 bits per heavy atom. The molecule has 6 heteroatoms. The van der Waals surface area contributed by atoms with Gasteiger partial charge in [0.05, 0.1) is 10.0 Å². The van der Waals surface area contributed by atoms with Crippen LogP contribution in [-0.4, -0.2) is 34.0 Å². The Hall–Kier alpha value is -1.43. The summed E-state index contributed by atoms with van der Waals surface area (Å²) in [5.41, 5.74) is -1.00. The van der Waals surface area contributed by atoms with Crippen LogP contribution in [0.25, 0.3) is 0 Å². The molecule has 1 heterocycles. The SMILES string of the molecule is CCCC1(C(=O)O)CCCN1C(=O)c1cccc(F)c1Br. The average molecular weight is 358 g/mol. The average Bonchev–Trinajstić information content (AvgIpc) is 2.86. The molecule has 1 unspecified atom stereocenters. The first-order chi connectivity index (χ1) is 9.94. The van der Waals surface area contributed by atoms with E-state index in [-0.39, 0.29) is 10.0 Å². The van der Waals surface area contributed by atoms with Crippen molar-refractivity contribution in [3.63, 3.8) is 0 Å². The highest BCUT2D eigenvalue weighted by atomic mass is 79.9. The molecule has 0 spiro atoms. The van der Waals surface area contributed by atoms with Crippen molar-refractivity contribution in [1.82, 2.24) is 4.90 Å². The summed E-state index contributed by atoms with van der Waals surface area (Å²) in [4.78, 5) is 25.8. The van der Waals surface area contributed by atoms with Gasteiger partial charge in [-0.1, -0.05) is 19.4 Å². The first-order valence-corrected chi connectivity index (χ1v) is 7.72. The minimum atomic E-state index is -1.17. The predicted octanol–water partition coefficient (Wildman–Crippen LogP) is 3.45. The fraction of sp³-hybridized carbons (Fsp3) is 0.467. The molecule has 1 fully saturated rings. The molecule has 2 rings (SSSR count). The van der Waals surface area contributed by atoms with E-state index < -0.39 is 23.2 Å². The van der Waals surface area contributed by atoms with Crippen LogP contribution in [0.5, 0.6) is 0 Å². The summed E-state index contributed by atoms with van der Waals surface area (Å²) < 4.78 is 13.7. The number of nitrogens with zero attached hydrogens (tertiary/aromatic N) is 1. The van der Waals surface area contributed by atoms with Crippen molar-refractivity contribution >= 4 is 27.8 Å². The molecular formula is C15H17BrFNO3. The van der Waals surface area contributed by atoms with Crippen LogP contribution in [0.3, 0.4) is 0 Å². The van der Waals surface area contributed by atoms with Crippen LogP contribution in [0.1, 0.15) is 43.0 Å². The van der Waals surface area contributed by atoms with Gasteiger partial charge in [0.1, 0.15) is 11.4 Å². The van der Waals surface area contributed by atoms with Gasteiger partial charge < -0.3 is 10.0 Å². The van der Waals surface area contributed by atoms with Gasteiger partial charge in [-0.25, -0.2) is 9.18 Å². The zero-order valence-corrected chi connectivity index (χ0v) is 13.3. The third-order valence-electron chi connectivity index (χ3n) is 3.98. The number of aliphatic carboxylic acids is 1. The van der Waals surface area contributed by atoms with Crippen molar-refractivity contribution < 1.29 is 19.1 Å². The molecule has 1 amide bonds. The van der Waals surface area contributed by atoms with Crippen molar-refractivity contribution in [2.75, 3.05) is 6.54 Å². The summed E-state index contributed by atoms with van der Waals surface area (Å²) in [6, 6.07) is 4.21. The van der Waals surface area contributed by atoms with E-state index in [0.717, 1.165) is 0 Å². The van der Waals surface area contributed by atoms with E-state index >= 15 is 0 Å². The van der Waals surface area contributed by atoms with Gasteiger partial charge in [0.15, 0.2) is 0 Å². The summed E-state index contributed by atoms with van der Waals surface area (Å²) >= 11 is 3.07. The minimum Gasteiger partial charge on any atom is -0.479 e. The number of halogens is 2. The van der Waals surface area contributed by atoms with Gasteiger partial charge in [0.25, 0.3) is 5.91 Å². The van der Waals surface area contributed by atoms with E-state index in [1.807, 2.05) is 6.92 Å². The standard InChI is InChI=1S/C15H17BrFNO3/c1-2-7-15(14(20)21)8-4-9-18(15)13(19)10-5-3-6-11(17)12(10)16/h3,5-6H,2,4,7-9H2,1H3,(H,20,21). The number of amides is 1. The Labute approximate surface area is 131 Å². The van der Waals surface area contributed by atoms with Crippen molar-refractivity contribution in [3.8, 4) is 0 Å². The number of carbonyl (C=O) groups is 2. The third kappa shape index (κ3) is 2.69. The number of hydrogen-bond acceptors (Lipinski definition) is 2. The van der Waals surface area contributed by atoms with Gasteiger partial charge in [0.2, 0.25) is 0 Å². The molecule has 21 heavy (non-hydrogen) atoms. The Balaban J connectivity index is 2.41. The van der Waals surface area contributed by atoms with Crippen molar-refractivity contribution in [1.29, 1.82) is 0 Å². The molecule has 1 aliphatic heterocycles. The molecule has 1 aromatic carbocycles. The van der Waals surface area contributed by atoms with E-state index in [9.17, 15) is 19.1 Å². The number of likely N-dealkylation sites (tertiary alicyclic amines) is 1. The highest BCUT2D eigenvalue weighted by molar-refractivity contribution is 9.10. The summed E-state index contributed by atoms with van der Waals surface area (Å²) in [7, 11) is 0. The Morgan fingerprint density at radius 2 is 2.19 bits per heavy atom. The molecule has 1 N–H and O–H groups in total. The minimum absolute atomic E-state index is 0.0812. The lowest BCUT2D eigenvalue weighted by Gasteiger charge is -2.35. The molecule has 1 saturated heterocycles. The molecule has 1 aliphatic rings. The summed E-state index contributed by atoms with van der Waals surface area (Å²) in [5.74, 6) is -1.95. The van der Waals surface area contributed by atoms with Crippen LogP contribution in [0.4, 0.5) is 4.39 Å². The van der Waals surface area contributed by atoms with Gasteiger partial charge in [-0.2, -0.15) is 0 Å². The van der Waals surface area contributed by atoms with Crippen LogP contribution >= 0.6 is 15.9 Å². The molecule has 1 atom stereocenters. The molecule has 0 bridgehead atoms. The Kier molecular flexibility index (Phi) is 4.66. The summed E-state index contributed by atoms with van der Waals surface area (Å²) in [6.45, 7) is 2.28. The fourth-order valence-electron chi connectivity index (χ4n) is 2.99. The third-order valence-corrected chi connectivity index (χ3v) is 4.78. The number of hydrogen-bond donors (Lipinski definition) is 1. The topological polar surface area (TPSA) is 57.6 Å². The predicted molar refractivity (Wildman–Crippen MR) is 79.6 cm³/mol. The zero-order valence-electron chi connectivity index (χ0n) is 11.7. The van der Waals surface area contributed by atoms with E-state index in [1.165, 1.54) is 23.1 Å². The second-order valence-electron chi connectivity index (χ2n) is 5.25. The largest absolute Gasteiger partial charge is 0.479 e. The van der Waals surface area contributed by atoms with E-state index in [2.05, 4.69) is 15.9 Å². The fourth-order valence-corrected chi connectivity index (χ4v) is 3.43. The lowest BCUT2D eigenvalue weighted by Crippen LogP contribution is -2.53. The molecule has 1 aromatic rings.